The lowest BCUT2D eigenvalue weighted by Crippen LogP contribution is -2.26. The summed E-state index contributed by atoms with van der Waals surface area (Å²) in [6.07, 6.45) is -4.71. The van der Waals surface area contributed by atoms with Crippen molar-refractivity contribution in [2.45, 2.75) is 6.18 Å². The summed E-state index contributed by atoms with van der Waals surface area (Å²) in [5, 5.41) is 2.34. The number of H-pyrrole nitrogens is 1. The summed E-state index contributed by atoms with van der Waals surface area (Å²) in [7, 11) is 0. The van der Waals surface area contributed by atoms with Crippen LogP contribution in [0.15, 0.2) is 59.4 Å². The quantitative estimate of drug-likeness (QED) is 0.577. The molecule has 2 aromatic carbocycles. The third-order valence-electron chi connectivity index (χ3n) is 3.59. The van der Waals surface area contributed by atoms with E-state index in [1.807, 2.05) is 0 Å². The number of amides is 2. The standard InChI is InChI=1S/C17H12F3N3O2S/c18-17(19,20)13-9-15(24)22-14-7-6-11(8-12(13)14)23(26)16(25)21-10-4-2-1-3-5-10/h1-9,26H,(H,21,25)(H,22,24). The summed E-state index contributed by atoms with van der Waals surface area (Å²) >= 11 is 4.07. The van der Waals surface area contributed by atoms with Crippen LogP contribution < -0.4 is 15.2 Å². The number of urea groups is 1. The number of pyridine rings is 1. The Hall–Kier alpha value is -2.94. The van der Waals surface area contributed by atoms with E-state index in [4.69, 9.17) is 0 Å². The average molecular weight is 379 g/mol. The smallest absolute Gasteiger partial charge is 0.322 e. The van der Waals surface area contributed by atoms with Gasteiger partial charge in [0.25, 0.3) is 0 Å². The van der Waals surface area contributed by atoms with Crippen molar-refractivity contribution in [1.29, 1.82) is 0 Å². The molecule has 0 fully saturated rings. The first-order valence-corrected chi connectivity index (χ1v) is 7.75. The molecule has 1 heterocycles. The molecule has 26 heavy (non-hydrogen) atoms. The molecule has 3 aromatic rings. The molecule has 0 atom stereocenters. The number of hydrogen-bond donors (Lipinski definition) is 3. The largest absolute Gasteiger partial charge is 0.417 e. The number of fused-ring (bicyclic) bond motifs is 1. The minimum absolute atomic E-state index is 0.0128. The van der Waals surface area contributed by atoms with E-state index in [0.29, 0.717) is 11.8 Å². The number of halogens is 3. The number of hydrogen-bond acceptors (Lipinski definition) is 3. The first-order chi connectivity index (χ1) is 12.3. The van der Waals surface area contributed by atoms with Crippen molar-refractivity contribution >= 4 is 41.1 Å². The van der Waals surface area contributed by atoms with Crippen molar-refractivity contribution in [3.8, 4) is 0 Å². The molecule has 0 saturated carbocycles. The van der Waals surface area contributed by atoms with Crippen LogP contribution in [-0.4, -0.2) is 11.0 Å². The van der Waals surface area contributed by atoms with Gasteiger partial charge in [-0.2, -0.15) is 13.2 Å². The van der Waals surface area contributed by atoms with Gasteiger partial charge in [-0.1, -0.05) is 31.0 Å². The normalized spacial score (nSPS) is 11.4. The molecule has 0 radical (unpaired) electrons. The minimum atomic E-state index is -4.71. The molecule has 134 valence electrons. The monoisotopic (exact) mass is 379 g/mol. The number of nitrogens with zero attached hydrogens (tertiary/aromatic N) is 1. The molecule has 0 bridgehead atoms. The van der Waals surface area contributed by atoms with Crippen molar-refractivity contribution in [2.24, 2.45) is 0 Å². The lowest BCUT2D eigenvalue weighted by atomic mass is 10.1. The van der Waals surface area contributed by atoms with E-state index in [1.165, 1.54) is 12.1 Å². The molecule has 3 rings (SSSR count). The van der Waals surface area contributed by atoms with Crippen LogP contribution in [0.25, 0.3) is 10.9 Å². The number of carbonyl (C=O) groups is 1. The highest BCUT2D eigenvalue weighted by atomic mass is 32.1. The summed E-state index contributed by atoms with van der Waals surface area (Å²) in [5.41, 5.74) is -1.30. The maximum absolute atomic E-state index is 13.2. The van der Waals surface area contributed by atoms with Gasteiger partial charge in [-0.25, -0.2) is 9.10 Å². The summed E-state index contributed by atoms with van der Waals surface area (Å²) in [5.74, 6) is 0. The van der Waals surface area contributed by atoms with Gasteiger partial charge in [-0.05, 0) is 30.3 Å². The summed E-state index contributed by atoms with van der Waals surface area (Å²) in [4.78, 5) is 26.0. The van der Waals surface area contributed by atoms with Gasteiger partial charge in [0.05, 0.1) is 11.3 Å². The number of rotatable bonds is 2. The van der Waals surface area contributed by atoms with E-state index in [1.54, 1.807) is 30.3 Å². The van der Waals surface area contributed by atoms with Crippen LogP contribution >= 0.6 is 12.8 Å². The number of nitrogens with one attached hydrogen (secondary N) is 2. The number of aromatic nitrogens is 1. The van der Waals surface area contributed by atoms with Gasteiger partial charge in [-0.3, -0.25) is 4.79 Å². The molecule has 0 aliphatic carbocycles. The van der Waals surface area contributed by atoms with Gasteiger partial charge in [0.15, 0.2) is 0 Å². The molecular formula is C17H12F3N3O2S. The van der Waals surface area contributed by atoms with Crippen molar-refractivity contribution in [3.63, 3.8) is 0 Å². The predicted octanol–water partition coefficient (Wildman–Crippen LogP) is 4.43. The van der Waals surface area contributed by atoms with Gasteiger partial charge < -0.3 is 10.3 Å². The summed E-state index contributed by atoms with van der Waals surface area (Å²) in [6.45, 7) is 0. The number of carbonyl (C=O) groups excluding carboxylic acids is 1. The molecule has 0 aliphatic rings. The minimum Gasteiger partial charge on any atom is -0.322 e. The molecule has 0 saturated heterocycles. The van der Waals surface area contributed by atoms with Crippen LogP contribution in [0.3, 0.4) is 0 Å². The lowest BCUT2D eigenvalue weighted by molar-refractivity contribution is -0.136. The van der Waals surface area contributed by atoms with Gasteiger partial charge in [0.2, 0.25) is 5.56 Å². The Balaban J connectivity index is 1.99. The van der Waals surface area contributed by atoms with E-state index in [-0.39, 0.29) is 16.6 Å². The topological polar surface area (TPSA) is 65.2 Å². The Morgan fingerprint density at radius 3 is 2.42 bits per heavy atom. The number of para-hydroxylation sites is 1. The molecule has 0 aliphatic heterocycles. The highest BCUT2D eigenvalue weighted by Crippen LogP contribution is 2.35. The summed E-state index contributed by atoms with van der Waals surface area (Å²) in [6, 6.07) is 12.2. The third kappa shape index (κ3) is 3.67. The lowest BCUT2D eigenvalue weighted by Gasteiger charge is -2.18. The Bertz CT molecular complexity index is 1020. The maximum Gasteiger partial charge on any atom is 0.417 e. The van der Waals surface area contributed by atoms with E-state index in [0.717, 1.165) is 10.4 Å². The molecule has 0 spiro atoms. The van der Waals surface area contributed by atoms with E-state index in [9.17, 15) is 22.8 Å². The summed E-state index contributed by atoms with van der Waals surface area (Å²) < 4.78 is 40.5. The fraction of sp³-hybridized carbons (Fsp3) is 0.0588. The number of alkyl halides is 3. The zero-order chi connectivity index (χ0) is 18.9. The molecule has 0 unspecified atom stereocenters. The first-order valence-electron chi connectivity index (χ1n) is 7.35. The zero-order valence-corrected chi connectivity index (χ0v) is 13.9. The van der Waals surface area contributed by atoms with Crippen LogP contribution in [0.5, 0.6) is 0 Å². The Labute approximate surface area is 151 Å². The molecule has 1 aromatic heterocycles. The molecular weight excluding hydrogens is 367 g/mol. The van der Waals surface area contributed by atoms with E-state index < -0.39 is 23.3 Å². The molecule has 5 nitrogen and oxygen atoms in total. The van der Waals surface area contributed by atoms with Crippen LogP contribution in [0, 0.1) is 0 Å². The Morgan fingerprint density at radius 1 is 1.08 bits per heavy atom. The van der Waals surface area contributed by atoms with Crippen molar-refractivity contribution < 1.29 is 18.0 Å². The molecule has 2 N–H and O–H groups in total. The van der Waals surface area contributed by atoms with Gasteiger partial charge in [0, 0.05) is 22.7 Å². The number of thiol groups is 1. The zero-order valence-electron chi connectivity index (χ0n) is 13.0. The predicted molar refractivity (Wildman–Crippen MR) is 96.5 cm³/mol. The second kappa shape index (κ2) is 6.75. The fourth-order valence-electron chi connectivity index (χ4n) is 2.42. The third-order valence-corrected chi connectivity index (χ3v) is 4.01. The van der Waals surface area contributed by atoms with Gasteiger partial charge in [-0.15, -0.1) is 0 Å². The maximum atomic E-state index is 13.2. The van der Waals surface area contributed by atoms with Gasteiger partial charge in [0.1, 0.15) is 0 Å². The van der Waals surface area contributed by atoms with E-state index >= 15 is 0 Å². The van der Waals surface area contributed by atoms with Crippen LogP contribution in [-0.2, 0) is 6.18 Å². The van der Waals surface area contributed by atoms with E-state index in [2.05, 4.69) is 23.1 Å². The second-order valence-electron chi connectivity index (χ2n) is 5.38. The Morgan fingerprint density at radius 2 is 1.77 bits per heavy atom. The number of benzene rings is 2. The van der Waals surface area contributed by atoms with Crippen molar-refractivity contribution in [2.75, 3.05) is 9.62 Å². The molecule has 2 amide bonds. The fourth-order valence-corrected chi connectivity index (χ4v) is 2.60. The van der Waals surface area contributed by atoms with Crippen molar-refractivity contribution in [1.82, 2.24) is 4.98 Å². The SMILES string of the molecule is O=C(Nc1ccccc1)N(S)c1ccc2[nH]c(=O)cc(C(F)(F)F)c2c1. The van der Waals surface area contributed by atoms with Crippen LogP contribution in [0.4, 0.5) is 29.3 Å². The highest BCUT2D eigenvalue weighted by molar-refractivity contribution is 7.82. The second-order valence-corrected chi connectivity index (χ2v) is 5.78. The first kappa shape index (κ1) is 17.9. The molecule has 9 heteroatoms. The van der Waals surface area contributed by atoms with Gasteiger partial charge >= 0.3 is 12.2 Å². The highest BCUT2D eigenvalue weighted by Gasteiger charge is 2.33. The van der Waals surface area contributed by atoms with Crippen molar-refractivity contribution in [3.05, 3.63) is 70.5 Å². The average Bonchev–Trinajstić information content (AvgIpc) is 2.60. The Kier molecular flexibility index (Phi) is 4.64. The van der Waals surface area contributed by atoms with Crippen LogP contribution in [0.1, 0.15) is 5.56 Å². The number of anilines is 2. The number of aromatic amines is 1. The van der Waals surface area contributed by atoms with Crippen LogP contribution in [0.2, 0.25) is 0 Å².